The van der Waals surface area contributed by atoms with E-state index < -0.39 is 5.60 Å². The van der Waals surface area contributed by atoms with E-state index in [4.69, 9.17) is 0 Å². The topological polar surface area (TPSA) is 57.5 Å². The van der Waals surface area contributed by atoms with Gasteiger partial charge in [0.1, 0.15) is 5.60 Å². The van der Waals surface area contributed by atoms with Crippen molar-refractivity contribution in [2.24, 2.45) is 5.92 Å². The van der Waals surface area contributed by atoms with E-state index in [2.05, 4.69) is 31.7 Å². The predicted molar refractivity (Wildman–Crippen MR) is 99.8 cm³/mol. The molecule has 0 saturated heterocycles. The van der Waals surface area contributed by atoms with Gasteiger partial charge in [-0.3, -0.25) is 4.79 Å². The normalized spacial score (nSPS) is 22.3. The highest BCUT2D eigenvalue weighted by molar-refractivity contribution is 5.86. The molecule has 0 bridgehead atoms. The Morgan fingerprint density at radius 3 is 2.79 bits per heavy atom. The second-order valence-corrected chi connectivity index (χ2v) is 7.68. The Balaban J connectivity index is 2.21. The minimum atomic E-state index is -1.20. The van der Waals surface area contributed by atoms with Gasteiger partial charge in [-0.1, -0.05) is 43.7 Å². The summed E-state index contributed by atoms with van der Waals surface area (Å²) in [7, 11) is 0. The lowest BCUT2D eigenvalue weighted by molar-refractivity contribution is -0.134. The summed E-state index contributed by atoms with van der Waals surface area (Å²) < 4.78 is 0. The molecule has 2 N–H and O–H groups in total. The standard InChI is InChI=1S/C21H34O3/c1-16(11-14-20(23)21(3,4)24)9-7-5-6-8-10-18-15-19(22)13-12-17(18)2/h6,8,10,16,19,22,24H,2,5,7,9,11-15H2,1,3-4H3/t16-,19+/m1/s1. The molecule has 1 aliphatic rings. The largest absolute Gasteiger partial charge is 0.393 e. The highest BCUT2D eigenvalue weighted by Gasteiger charge is 2.23. The summed E-state index contributed by atoms with van der Waals surface area (Å²) in [5.41, 5.74) is 1.12. The van der Waals surface area contributed by atoms with Crippen LogP contribution in [-0.2, 0) is 4.79 Å². The van der Waals surface area contributed by atoms with Crippen LogP contribution >= 0.6 is 0 Å². The molecule has 0 heterocycles. The molecule has 1 fully saturated rings. The predicted octanol–water partition coefficient (Wildman–Crippen LogP) is 4.50. The monoisotopic (exact) mass is 334 g/mol. The van der Waals surface area contributed by atoms with Crippen LogP contribution in [0.4, 0.5) is 0 Å². The number of carbonyl (C=O) groups excluding carboxylic acids is 1. The molecule has 1 aliphatic carbocycles. The Bertz CT molecular complexity index is 480. The van der Waals surface area contributed by atoms with Crippen LogP contribution in [0, 0.1) is 5.92 Å². The molecule has 0 aliphatic heterocycles. The van der Waals surface area contributed by atoms with Crippen LogP contribution in [0.15, 0.2) is 36.0 Å². The number of aliphatic hydroxyl groups excluding tert-OH is 1. The molecule has 0 radical (unpaired) electrons. The number of unbranched alkanes of at least 4 members (excludes halogenated alkanes) is 1. The van der Waals surface area contributed by atoms with Gasteiger partial charge in [-0.25, -0.2) is 0 Å². The zero-order valence-corrected chi connectivity index (χ0v) is 15.6. The highest BCUT2D eigenvalue weighted by Crippen LogP contribution is 2.27. The first-order valence-electron chi connectivity index (χ1n) is 9.17. The average Bonchev–Trinajstić information content (AvgIpc) is 2.50. The van der Waals surface area contributed by atoms with Gasteiger partial charge in [0.15, 0.2) is 5.78 Å². The van der Waals surface area contributed by atoms with E-state index in [9.17, 15) is 15.0 Å². The van der Waals surface area contributed by atoms with E-state index >= 15 is 0 Å². The second kappa shape index (κ2) is 9.95. The fraction of sp³-hybridized carbons (Fsp3) is 0.667. The van der Waals surface area contributed by atoms with E-state index in [-0.39, 0.29) is 11.9 Å². The molecule has 0 aromatic rings. The SMILES string of the molecule is C=C1CC[C@H](O)CC1=CC=CCCC[C@@H](C)CCC(=O)C(C)(C)O. The number of ketones is 1. The number of aliphatic hydroxyl groups is 2. The van der Waals surface area contributed by atoms with Crippen LogP contribution in [0.1, 0.15) is 72.1 Å². The summed E-state index contributed by atoms with van der Waals surface area (Å²) in [6.45, 7) is 9.33. The third-order valence-corrected chi connectivity index (χ3v) is 4.74. The van der Waals surface area contributed by atoms with Crippen molar-refractivity contribution < 1.29 is 15.0 Å². The maximum Gasteiger partial charge on any atom is 0.163 e. The molecule has 0 unspecified atom stereocenters. The molecule has 24 heavy (non-hydrogen) atoms. The summed E-state index contributed by atoms with van der Waals surface area (Å²) in [6, 6.07) is 0. The molecule has 0 aromatic heterocycles. The first-order chi connectivity index (χ1) is 11.2. The minimum absolute atomic E-state index is 0.0734. The van der Waals surface area contributed by atoms with Crippen LogP contribution in [0.3, 0.4) is 0 Å². The van der Waals surface area contributed by atoms with Crippen LogP contribution in [0.25, 0.3) is 0 Å². The number of rotatable bonds is 9. The van der Waals surface area contributed by atoms with E-state index in [1.165, 1.54) is 5.57 Å². The number of hydrogen-bond acceptors (Lipinski definition) is 3. The Hall–Kier alpha value is -1.19. The van der Waals surface area contributed by atoms with Gasteiger partial charge in [-0.05, 0) is 63.9 Å². The summed E-state index contributed by atoms with van der Waals surface area (Å²) >= 11 is 0. The Kier molecular flexibility index (Phi) is 8.65. The fourth-order valence-electron chi connectivity index (χ4n) is 2.88. The van der Waals surface area contributed by atoms with Gasteiger partial charge in [0.25, 0.3) is 0 Å². The smallest absolute Gasteiger partial charge is 0.163 e. The number of Topliss-reactive ketones (excluding diaryl/α,β-unsaturated/α-hetero) is 1. The third-order valence-electron chi connectivity index (χ3n) is 4.74. The fourth-order valence-corrected chi connectivity index (χ4v) is 2.88. The van der Waals surface area contributed by atoms with Crippen molar-refractivity contribution in [1.82, 2.24) is 0 Å². The van der Waals surface area contributed by atoms with Crippen molar-refractivity contribution >= 4 is 5.78 Å². The molecule has 3 heteroatoms. The summed E-state index contributed by atoms with van der Waals surface area (Å²) in [5, 5.41) is 19.3. The maximum absolute atomic E-state index is 11.7. The zero-order valence-electron chi connectivity index (χ0n) is 15.6. The van der Waals surface area contributed by atoms with Crippen LogP contribution in [0.2, 0.25) is 0 Å². The number of hydrogen-bond donors (Lipinski definition) is 2. The number of allylic oxidation sites excluding steroid dienone is 4. The molecular formula is C21H34O3. The molecular weight excluding hydrogens is 300 g/mol. The molecule has 0 amide bonds. The Labute approximate surface area is 147 Å². The molecule has 0 aromatic carbocycles. The third kappa shape index (κ3) is 8.07. The first kappa shape index (κ1) is 20.9. The van der Waals surface area contributed by atoms with Gasteiger partial charge in [0, 0.05) is 6.42 Å². The van der Waals surface area contributed by atoms with E-state index in [1.807, 2.05) is 0 Å². The van der Waals surface area contributed by atoms with Crippen molar-refractivity contribution in [1.29, 1.82) is 0 Å². The van der Waals surface area contributed by atoms with Crippen molar-refractivity contribution in [3.63, 3.8) is 0 Å². The summed E-state index contributed by atoms with van der Waals surface area (Å²) in [4.78, 5) is 11.7. The first-order valence-corrected chi connectivity index (χ1v) is 9.17. The molecule has 136 valence electrons. The quantitative estimate of drug-likeness (QED) is 0.611. The Morgan fingerprint density at radius 1 is 1.42 bits per heavy atom. The molecule has 3 nitrogen and oxygen atoms in total. The van der Waals surface area contributed by atoms with E-state index in [0.29, 0.717) is 12.3 Å². The van der Waals surface area contributed by atoms with Gasteiger partial charge >= 0.3 is 0 Å². The highest BCUT2D eigenvalue weighted by atomic mass is 16.3. The lowest BCUT2D eigenvalue weighted by atomic mass is 9.88. The maximum atomic E-state index is 11.7. The average molecular weight is 335 g/mol. The lowest BCUT2D eigenvalue weighted by Gasteiger charge is -2.21. The van der Waals surface area contributed by atoms with E-state index in [0.717, 1.165) is 50.5 Å². The van der Waals surface area contributed by atoms with Crippen LogP contribution in [0.5, 0.6) is 0 Å². The molecule has 1 rings (SSSR count). The van der Waals surface area contributed by atoms with Gasteiger partial charge < -0.3 is 10.2 Å². The molecule has 1 saturated carbocycles. The van der Waals surface area contributed by atoms with E-state index in [1.54, 1.807) is 13.8 Å². The minimum Gasteiger partial charge on any atom is -0.393 e. The summed E-state index contributed by atoms with van der Waals surface area (Å²) in [6.07, 6.45) is 13.0. The van der Waals surface area contributed by atoms with Crippen molar-refractivity contribution in [2.45, 2.75) is 83.8 Å². The lowest BCUT2D eigenvalue weighted by Crippen LogP contribution is -2.31. The number of carbonyl (C=O) groups is 1. The van der Waals surface area contributed by atoms with Crippen molar-refractivity contribution in [2.75, 3.05) is 0 Å². The van der Waals surface area contributed by atoms with Crippen molar-refractivity contribution in [3.05, 3.63) is 36.0 Å². The zero-order chi connectivity index (χ0) is 18.2. The summed E-state index contributed by atoms with van der Waals surface area (Å²) in [5.74, 6) is 0.423. The molecule has 2 atom stereocenters. The van der Waals surface area contributed by atoms with Gasteiger partial charge in [0.2, 0.25) is 0 Å². The van der Waals surface area contributed by atoms with Gasteiger partial charge in [-0.2, -0.15) is 0 Å². The van der Waals surface area contributed by atoms with Crippen LogP contribution in [-0.4, -0.2) is 27.7 Å². The van der Waals surface area contributed by atoms with Crippen LogP contribution < -0.4 is 0 Å². The van der Waals surface area contributed by atoms with Gasteiger partial charge in [0.05, 0.1) is 6.10 Å². The Morgan fingerprint density at radius 2 is 2.12 bits per heavy atom. The molecule has 0 spiro atoms. The van der Waals surface area contributed by atoms with Crippen molar-refractivity contribution in [3.8, 4) is 0 Å². The van der Waals surface area contributed by atoms with Gasteiger partial charge in [-0.15, -0.1) is 0 Å². The second-order valence-electron chi connectivity index (χ2n) is 7.68.